The molecule has 2 heterocycles. The van der Waals surface area contributed by atoms with Crippen molar-refractivity contribution in [3.05, 3.63) is 45.0 Å². The molecule has 1 atom stereocenters. The first-order valence-electron chi connectivity index (χ1n) is 11.3. The molecule has 1 aromatic heterocycles. The van der Waals surface area contributed by atoms with Crippen LogP contribution in [0.25, 0.3) is 0 Å². The van der Waals surface area contributed by atoms with Crippen LogP contribution in [-0.4, -0.2) is 79.4 Å². The van der Waals surface area contributed by atoms with Crippen molar-refractivity contribution in [3.8, 4) is 11.9 Å². The summed E-state index contributed by atoms with van der Waals surface area (Å²) in [6.07, 6.45) is -0.00837. The molecule has 1 fully saturated rings. The first kappa shape index (κ1) is 35.1. The molecule has 1 saturated heterocycles. The topological polar surface area (TPSA) is 81.9 Å². The van der Waals surface area contributed by atoms with Gasteiger partial charge in [0, 0.05) is 52.2 Å². The molecule has 35 heavy (non-hydrogen) atoms. The van der Waals surface area contributed by atoms with E-state index in [0.29, 0.717) is 56.3 Å². The summed E-state index contributed by atoms with van der Waals surface area (Å²) in [6.45, 7) is 23.4. The van der Waals surface area contributed by atoms with E-state index in [4.69, 9.17) is 9.47 Å². The molecule has 0 bridgehead atoms. The van der Waals surface area contributed by atoms with Crippen LogP contribution in [0, 0.1) is 39.5 Å². The molecule has 9 heteroatoms. The minimum absolute atomic E-state index is 0. The molecule has 1 aliphatic rings. The number of hydrogen-bond acceptors (Lipinski definition) is 7. The van der Waals surface area contributed by atoms with Crippen LogP contribution in [0.15, 0.2) is 0 Å². The number of piperazine rings is 1. The summed E-state index contributed by atoms with van der Waals surface area (Å²) in [5, 5.41) is 9.97. The zero-order valence-electron chi connectivity index (χ0n) is 23.1. The van der Waals surface area contributed by atoms with Gasteiger partial charge in [-0.3, -0.25) is 4.98 Å². The Balaban J connectivity index is 0. The number of hydrogen-bond donors (Lipinski definition) is 0. The fourth-order valence-corrected chi connectivity index (χ4v) is 3.61. The molecule has 0 saturated carbocycles. The van der Waals surface area contributed by atoms with E-state index in [2.05, 4.69) is 36.7 Å². The Morgan fingerprint density at radius 1 is 1.23 bits per heavy atom. The van der Waals surface area contributed by atoms with Gasteiger partial charge in [-0.1, -0.05) is 5.69 Å². The van der Waals surface area contributed by atoms with Crippen LogP contribution in [0.2, 0.25) is 0 Å². The van der Waals surface area contributed by atoms with Crippen LogP contribution < -0.4 is 9.64 Å². The number of ether oxygens (including phenoxy) is 2. The van der Waals surface area contributed by atoms with Crippen LogP contribution in [0.1, 0.15) is 51.4 Å². The van der Waals surface area contributed by atoms with E-state index < -0.39 is 5.60 Å². The minimum atomic E-state index is -0.535. The van der Waals surface area contributed by atoms with E-state index in [-0.39, 0.29) is 39.1 Å². The summed E-state index contributed by atoms with van der Waals surface area (Å²) in [5.41, 5.74) is 2.00. The first-order chi connectivity index (χ1) is 15.5. The Bertz CT molecular complexity index is 826. The van der Waals surface area contributed by atoms with Crippen molar-refractivity contribution in [3.63, 3.8) is 0 Å². The molecule has 1 unspecified atom stereocenters. The van der Waals surface area contributed by atoms with Gasteiger partial charge in [0.25, 0.3) is 0 Å². The number of likely N-dealkylation sites (N-methyl/N-ethyl adjacent to an activating group) is 1. The van der Waals surface area contributed by atoms with Crippen LogP contribution >= 0.6 is 0 Å². The van der Waals surface area contributed by atoms with Gasteiger partial charge in [-0.05, 0) is 47.5 Å². The van der Waals surface area contributed by atoms with Crippen molar-refractivity contribution >= 4 is 11.8 Å². The Labute approximate surface area is 226 Å². The summed E-state index contributed by atoms with van der Waals surface area (Å²) in [4.78, 5) is 22.7. The quantitative estimate of drug-likeness (QED) is 0.397. The molecule has 196 valence electrons. The molecule has 0 aliphatic carbocycles. The average molecular weight is 539 g/mol. The summed E-state index contributed by atoms with van der Waals surface area (Å²) >= 11 is 0. The number of aromatic nitrogens is 1. The first-order valence-corrected chi connectivity index (χ1v) is 11.3. The maximum atomic E-state index is 12.4. The van der Waals surface area contributed by atoms with E-state index in [0.717, 1.165) is 11.3 Å². The zero-order chi connectivity index (χ0) is 25.3. The fourth-order valence-electron chi connectivity index (χ4n) is 3.61. The third-order valence-corrected chi connectivity index (χ3v) is 4.87. The maximum Gasteiger partial charge on any atom is 0.410 e. The average Bonchev–Trinajstić information content (AvgIpc) is 2.73. The number of nitrogens with zero attached hydrogens (tertiary/aromatic N) is 5. The van der Waals surface area contributed by atoms with E-state index in [1.54, 1.807) is 11.8 Å². The van der Waals surface area contributed by atoms with Gasteiger partial charge in [-0.15, -0.1) is 0 Å². The second kappa shape index (κ2) is 15.9. The molecule has 0 N–H and O–H groups in total. The second-order valence-electron chi connectivity index (χ2n) is 9.07. The van der Waals surface area contributed by atoms with Crippen molar-refractivity contribution < 1.29 is 33.7 Å². The van der Waals surface area contributed by atoms with Crippen LogP contribution in [0.3, 0.4) is 0 Å². The van der Waals surface area contributed by atoms with Crippen molar-refractivity contribution in [2.24, 2.45) is 0 Å². The second-order valence-corrected chi connectivity index (χ2v) is 9.07. The fraction of sp³-hybridized carbons (Fsp3) is 0.577. The Kier molecular flexibility index (Phi) is 15.9. The third-order valence-electron chi connectivity index (χ3n) is 4.87. The molecule has 0 spiro atoms. The van der Waals surface area contributed by atoms with Crippen molar-refractivity contribution in [2.75, 3.05) is 51.7 Å². The number of anilines is 1. The van der Waals surface area contributed by atoms with Crippen molar-refractivity contribution in [2.45, 2.75) is 52.7 Å². The summed E-state index contributed by atoms with van der Waals surface area (Å²) in [5.74, 6) is 0.295. The van der Waals surface area contributed by atoms with Gasteiger partial charge in [0.05, 0.1) is 0 Å². The predicted octanol–water partition coefficient (Wildman–Crippen LogP) is 4.19. The molecular weight excluding hydrogens is 496 g/mol. The SMILES string of the molecule is [CH2-]C.[CH2-]Cc1c([CH2-])nc(OC(C)CN(C)C)c(C#N)c1N1CCN(C(=O)OC(C)(C)C)CC1.[CH3-].[Zn]. The molecule has 1 aliphatic heterocycles. The van der Waals surface area contributed by atoms with Crippen LogP contribution in [0.5, 0.6) is 5.88 Å². The van der Waals surface area contributed by atoms with E-state index >= 15 is 0 Å². The Morgan fingerprint density at radius 3 is 2.20 bits per heavy atom. The molecule has 0 aromatic carbocycles. The number of nitriles is 1. The summed E-state index contributed by atoms with van der Waals surface area (Å²) in [6, 6.07) is 2.28. The molecule has 2 rings (SSSR count). The minimum Gasteiger partial charge on any atom is -0.472 e. The van der Waals surface area contributed by atoms with Gasteiger partial charge in [-0.2, -0.15) is 17.7 Å². The number of amides is 1. The number of carbonyl (C=O) groups is 1. The van der Waals surface area contributed by atoms with Gasteiger partial charge >= 0.3 is 6.09 Å². The van der Waals surface area contributed by atoms with E-state index in [1.165, 1.54) is 0 Å². The standard InChI is InChI=1S/C23H35N5O3.C2H5.CH3.Zn/c1-9-18-17(3)25-21(30-16(2)15-26(7)8)19(14-24)20(18)27-10-12-28(13-11-27)22(29)31-23(4,5)6;1-2;;/h16H,1,3,9-13,15H2,2,4-8H3;1H2,2H3;1H3;/q-2;2*-1;. The van der Waals surface area contributed by atoms with Gasteiger partial charge in [-0.25, -0.2) is 18.1 Å². The van der Waals surface area contributed by atoms with Gasteiger partial charge in [0.2, 0.25) is 5.88 Å². The normalized spacial score (nSPS) is 14.0. The van der Waals surface area contributed by atoms with Crippen LogP contribution in [-0.2, 0) is 30.6 Å². The van der Waals surface area contributed by atoms with Crippen molar-refractivity contribution in [1.29, 1.82) is 5.26 Å². The molecular formula is C26H43N5O3Zn-4. The van der Waals surface area contributed by atoms with Gasteiger partial charge in [0.1, 0.15) is 23.3 Å². The van der Waals surface area contributed by atoms with E-state index in [9.17, 15) is 10.1 Å². The number of pyridine rings is 1. The monoisotopic (exact) mass is 537 g/mol. The van der Waals surface area contributed by atoms with Crippen LogP contribution in [0.4, 0.5) is 10.5 Å². The smallest absolute Gasteiger partial charge is 0.410 e. The Morgan fingerprint density at radius 2 is 1.77 bits per heavy atom. The molecule has 1 aromatic rings. The van der Waals surface area contributed by atoms with Crippen molar-refractivity contribution in [1.82, 2.24) is 14.8 Å². The third kappa shape index (κ3) is 10.2. The maximum absolute atomic E-state index is 12.4. The van der Waals surface area contributed by atoms with E-state index in [1.807, 2.05) is 46.7 Å². The summed E-state index contributed by atoms with van der Waals surface area (Å²) in [7, 11) is 3.93. The molecule has 1 amide bonds. The molecule has 8 nitrogen and oxygen atoms in total. The largest absolute Gasteiger partial charge is 0.472 e. The predicted molar refractivity (Wildman–Crippen MR) is 139 cm³/mol. The number of rotatable bonds is 6. The Hall–Kier alpha value is -2.04. The molecule has 0 radical (unpaired) electrons. The number of carbonyl (C=O) groups excluding carboxylic acids is 1. The van der Waals surface area contributed by atoms with Gasteiger partial charge < -0.3 is 45.4 Å². The zero-order valence-corrected chi connectivity index (χ0v) is 26.1. The summed E-state index contributed by atoms with van der Waals surface area (Å²) < 4.78 is 11.5. The van der Waals surface area contributed by atoms with Gasteiger partial charge in [0.15, 0.2) is 0 Å².